The Morgan fingerprint density at radius 2 is 1.43 bits per heavy atom. The molecule has 2 aromatic rings. The normalized spacial score (nSPS) is 12.7. The molecule has 0 atom stereocenters. The molecule has 0 amide bonds. The van der Waals surface area contributed by atoms with Crippen molar-refractivity contribution in [1.29, 1.82) is 0 Å². The summed E-state index contributed by atoms with van der Waals surface area (Å²) in [6.07, 6.45) is 7.31. The molecule has 0 aromatic heterocycles. The third-order valence-electron chi connectivity index (χ3n) is 3.99. The molecule has 0 spiro atoms. The summed E-state index contributed by atoms with van der Waals surface area (Å²) in [6, 6.07) is 21.4. The first-order valence-corrected chi connectivity index (χ1v) is 8.46. The second kappa shape index (κ2) is 8.95. The van der Waals surface area contributed by atoms with Gasteiger partial charge >= 0.3 is 0 Å². The van der Waals surface area contributed by atoms with E-state index >= 15 is 0 Å². The smallest absolute Gasteiger partial charge is 0.00879 e. The Kier molecular flexibility index (Phi) is 6.62. The average Bonchev–Trinajstić information content (AvgIpc) is 2.62. The van der Waals surface area contributed by atoms with Crippen molar-refractivity contribution in [2.75, 3.05) is 0 Å². The van der Waals surface area contributed by atoms with Crippen LogP contribution >= 0.6 is 0 Å². The van der Waals surface area contributed by atoms with Gasteiger partial charge in [-0.05, 0) is 47.1 Å². The molecule has 2 aromatic carbocycles. The number of allylic oxidation sites excluding steroid dienone is 5. The van der Waals surface area contributed by atoms with Crippen molar-refractivity contribution in [3.8, 4) is 0 Å². The Labute approximate surface area is 140 Å². The van der Waals surface area contributed by atoms with Crippen LogP contribution in [0.15, 0.2) is 85.0 Å². The van der Waals surface area contributed by atoms with Gasteiger partial charge in [0.25, 0.3) is 0 Å². The molecule has 0 aliphatic rings. The summed E-state index contributed by atoms with van der Waals surface area (Å²) in [4.78, 5) is 0. The van der Waals surface area contributed by atoms with Gasteiger partial charge in [-0.15, -0.1) is 6.58 Å². The molecule has 0 N–H and O–H groups in total. The van der Waals surface area contributed by atoms with E-state index in [9.17, 15) is 0 Å². The number of hydrogen-bond donors (Lipinski definition) is 0. The van der Waals surface area contributed by atoms with E-state index in [0.29, 0.717) is 0 Å². The molecule has 0 aliphatic heterocycles. The van der Waals surface area contributed by atoms with Gasteiger partial charge in [-0.2, -0.15) is 0 Å². The maximum absolute atomic E-state index is 3.98. The number of benzene rings is 2. The molecule has 118 valence electrons. The van der Waals surface area contributed by atoms with E-state index in [1.807, 2.05) is 6.08 Å². The molecule has 0 saturated heterocycles. The first kappa shape index (κ1) is 17.0. The van der Waals surface area contributed by atoms with Crippen LogP contribution in [0.25, 0.3) is 11.1 Å². The average molecular weight is 302 g/mol. The molecule has 0 nitrogen and oxygen atoms in total. The van der Waals surface area contributed by atoms with Crippen LogP contribution in [0.2, 0.25) is 0 Å². The highest BCUT2D eigenvalue weighted by Crippen LogP contribution is 2.36. The van der Waals surface area contributed by atoms with Crippen molar-refractivity contribution in [2.24, 2.45) is 0 Å². The maximum atomic E-state index is 3.98. The van der Waals surface area contributed by atoms with Gasteiger partial charge in [0.05, 0.1) is 0 Å². The van der Waals surface area contributed by atoms with Gasteiger partial charge in [-0.1, -0.05) is 86.7 Å². The monoisotopic (exact) mass is 302 g/mol. The van der Waals surface area contributed by atoms with Crippen molar-refractivity contribution < 1.29 is 0 Å². The van der Waals surface area contributed by atoms with Gasteiger partial charge < -0.3 is 0 Å². The standard InChI is InChI=1S/C23H26/c1-4-13-19(6-3)23(21-17-11-8-12-18-21)22(14-5-2)20-15-9-7-10-16-20/h5,7-13,15-18H,2,4,6,14H2,1,3H3/b19-13+,23-22-. The Morgan fingerprint density at radius 3 is 1.91 bits per heavy atom. The molecule has 0 heteroatoms. The summed E-state index contributed by atoms with van der Waals surface area (Å²) in [7, 11) is 0. The first-order chi connectivity index (χ1) is 11.3. The zero-order valence-corrected chi connectivity index (χ0v) is 14.3. The van der Waals surface area contributed by atoms with Crippen LogP contribution in [0.4, 0.5) is 0 Å². The Balaban J connectivity index is 2.74. The molecule has 0 aliphatic carbocycles. The highest BCUT2D eigenvalue weighted by Gasteiger charge is 2.13. The van der Waals surface area contributed by atoms with Crippen LogP contribution in [0.1, 0.15) is 44.2 Å². The lowest BCUT2D eigenvalue weighted by Crippen LogP contribution is -1.96. The topological polar surface area (TPSA) is 0 Å². The van der Waals surface area contributed by atoms with Crippen molar-refractivity contribution in [3.05, 3.63) is 96.1 Å². The SMILES string of the molecule is C=CC/C(=C(\C(=C\CC)CC)c1ccccc1)c1ccccc1. The fourth-order valence-electron chi connectivity index (χ4n) is 2.98. The van der Waals surface area contributed by atoms with Crippen LogP contribution in [0, 0.1) is 0 Å². The Hall–Kier alpha value is -2.34. The van der Waals surface area contributed by atoms with Gasteiger partial charge in [-0.25, -0.2) is 0 Å². The third kappa shape index (κ3) is 4.32. The molecule has 2 rings (SSSR count). The summed E-state index contributed by atoms with van der Waals surface area (Å²) in [6.45, 7) is 8.42. The lowest BCUT2D eigenvalue weighted by Gasteiger charge is -2.18. The molecule has 23 heavy (non-hydrogen) atoms. The minimum absolute atomic E-state index is 0.870. The fourth-order valence-corrected chi connectivity index (χ4v) is 2.98. The predicted molar refractivity (Wildman–Crippen MR) is 103 cm³/mol. The summed E-state index contributed by atoms with van der Waals surface area (Å²) >= 11 is 0. The van der Waals surface area contributed by atoms with Crippen molar-refractivity contribution in [1.82, 2.24) is 0 Å². The van der Waals surface area contributed by atoms with E-state index in [1.54, 1.807) is 0 Å². The lowest BCUT2D eigenvalue weighted by molar-refractivity contribution is 1.10. The summed E-state index contributed by atoms with van der Waals surface area (Å²) < 4.78 is 0. The van der Waals surface area contributed by atoms with Crippen molar-refractivity contribution in [3.63, 3.8) is 0 Å². The van der Waals surface area contributed by atoms with Gasteiger partial charge in [0.2, 0.25) is 0 Å². The molecule has 0 unspecified atom stereocenters. The molecule has 0 bridgehead atoms. The van der Waals surface area contributed by atoms with E-state index in [4.69, 9.17) is 0 Å². The molecular weight excluding hydrogens is 276 g/mol. The van der Waals surface area contributed by atoms with E-state index in [1.165, 1.54) is 27.8 Å². The fraction of sp³-hybridized carbons (Fsp3) is 0.217. The van der Waals surface area contributed by atoms with Crippen LogP contribution in [0.3, 0.4) is 0 Å². The molecule has 0 saturated carbocycles. The highest BCUT2D eigenvalue weighted by atomic mass is 14.2. The zero-order valence-electron chi connectivity index (χ0n) is 14.3. The largest absolute Gasteiger partial charge is 0.103 e. The number of rotatable bonds is 7. The van der Waals surface area contributed by atoms with E-state index in [0.717, 1.165) is 19.3 Å². The molecule has 0 heterocycles. The minimum Gasteiger partial charge on any atom is -0.103 e. The second-order valence-electron chi connectivity index (χ2n) is 5.57. The van der Waals surface area contributed by atoms with Gasteiger partial charge in [0.15, 0.2) is 0 Å². The highest BCUT2D eigenvalue weighted by molar-refractivity contribution is 5.98. The molecular formula is C23H26. The maximum Gasteiger partial charge on any atom is -0.00879 e. The summed E-state index contributed by atoms with van der Waals surface area (Å²) in [5.41, 5.74) is 6.70. The second-order valence-corrected chi connectivity index (χ2v) is 5.57. The van der Waals surface area contributed by atoms with Crippen LogP contribution in [-0.4, -0.2) is 0 Å². The van der Waals surface area contributed by atoms with Crippen molar-refractivity contribution in [2.45, 2.75) is 33.1 Å². The quantitative estimate of drug-likeness (QED) is 0.296. The number of hydrogen-bond acceptors (Lipinski definition) is 0. The molecule has 0 radical (unpaired) electrons. The summed E-state index contributed by atoms with van der Waals surface area (Å²) in [5.74, 6) is 0. The van der Waals surface area contributed by atoms with Crippen LogP contribution < -0.4 is 0 Å². The molecule has 0 fully saturated rings. The van der Waals surface area contributed by atoms with E-state index in [2.05, 4.69) is 87.2 Å². The minimum atomic E-state index is 0.870. The van der Waals surface area contributed by atoms with Gasteiger partial charge in [0.1, 0.15) is 0 Å². The van der Waals surface area contributed by atoms with E-state index < -0.39 is 0 Å². The van der Waals surface area contributed by atoms with Gasteiger partial charge in [0, 0.05) is 0 Å². The van der Waals surface area contributed by atoms with Crippen LogP contribution in [0.5, 0.6) is 0 Å². The van der Waals surface area contributed by atoms with Crippen molar-refractivity contribution >= 4 is 11.1 Å². The zero-order chi connectivity index (χ0) is 16.5. The Bertz CT molecular complexity index is 672. The van der Waals surface area contributed by atoms with Gasteiger partial charge in [-0.3, -0.25) is 0 Å². The first-order valence-electron chi connectivity index (χ1n) is 8.46. The predicted octanol–water partition coefficient (Wildman–Crippen LogP) is 6.92. The van der Waals surface area contributed by atoms with Crippen LogP contribution in [-0.2, 0) is 0 Å². The Morgan fingerprint density at radius 1 is 0.870 bits per heavy atom. The summed E-state index contributed by atoms with van der Waals surface area (Å²) in [5, 5.41) is 0. The third-order valence-corrected chi connectivity index (χ3v) is 3.99. The lowest BCUT2D eigenvalue weighted by atomic mass is 9.86. The van der Waals surface area contributed by atoms with E-state index in [-0.39, 0.29) is 0 Å².